The molecule has 0 bridgehead atoms. The molecule has 2 N–H and O–H groups in total. The van der Waals surface area contributed by atoms with Gasteiger partial charge in [0.25, 0.3) is 25.8 Å². The first kappa shape index (κ1) is 31.3. The fourth-order valence-electron chi connectivity index (χ4n) is 4.51. The van der Waals surface area contributed by atoms with E-state index in [1.165, 1.54) is 28.1 Å². The lowest BCUT2D eigenvalue weighted by Gasteiger charge is -2.20. The van der Waals surface area contributed by atoms with Crippen molar-refractivity contribution in [2.45, 2.75) is 50.7 Å². The van der Waals surface area contributed by atoms with Crippen molar-refractivity contribution >= 4 is 43.1 Å². The number of rotatable bonds is 12. The molecule has 0 saturated heterocycles. The van der Waals surface area contributed by atoms with Crippen LogP contribution in [0.15, 0.2) is 58.3 Å². The van der Waals surface area contributed by atoms with Crippen molar-refractivity contribution < 1.29 is 49.1 Å². The zero-order chi connectivity index (χ0) is 30.8. The second-order valence-electron chi connectivity index (χ2n) is 10.1. The van der Waals surface area contributed by atoms with Gasteiger partial charge < -0.3 is 23.5 Å². The zero-order valence-corrected chi connectivity index (χ0v) is 25.6. The summed E-state index contributed by atoms with van der Waals surface area (Å²) in [4.78, 5) is 1.79. The lowest BCUT2D eigenvalue weighted by Crippen LogP contribution is -2.37. The van der Waals surface area contributed by atoms with Gasteiger partial charge in [-0.25, -0.2) is 0 Å². The van der Waals surface area contributed by atoms with E-state index in [4.69, 9.17) is 18.6 Å². The molecule has 0 saturated carbocycles. The summed E-state index contributed by atoms with van der Waals surface area (Å²) >= 11 is 0. The number of fused-ring (bicyclic) bond motifs is 2. The third-order valence-corrected chi connectivity index (χ3v) is 9.62. The second-order valence-corrected chi connectivity index (χ2v) is 13.8. The molecule has 0 amide bonds. The van der Waals surface area contributed by atoms with Crippen molar-refractivity contribution in [1.29, 1.82) is 0 Å². The zero-order valence-electron chi connectivity index (χ0n) is 24.0. The Morgan fingerprint density at radius 2 is 1.62 bits per heavy atom. The number of ether oxygens (including phenoxy) is 3. The number of nitrogens with zero attached hydrogens (tertiary/aromatic N) is 2. The fourth-order valence-corrected chi connectivity index (χ4v) is 5.32. The third kappa shape index (κ3) is 6.89. The van der Waals surface area contributed by atoms with E-state index in [9.17, 15) is 25.9 Å². The maximum atomic E-state index is 11.7. The van der Waals surface area contributed by atoms with Crippen LogP contribution in [0.1, 0.15) is 39.5 Å². The van der Waals surface area contributed by atoms with Crippen LogP contribution in [0.3, 0.4) is 0 Å². The molecule has 14 heteroatoms. The number of allylic oxidation sites excluding steroid dienone is 2. The van der Waals surface area contributed by atoms with E-state index in [-0.39, 0.29) is 25.9 Å². The lowest BCUT2D eigenvalue weighted by molar-refractivity contribution is -0.678. The number of aromatic nitrogens is 1. The standard InChI is InChI=1S/C28H34N2O10S2/c1-18(14-27-29(12-10-19(2)41(31,32)33)21-8-6-7-9-23(21)39-27)15-28-30(13-11-20(3)42(34,35)36)22-16-25(37-4)26(38-5)17-24(22)40-28/h6-9,14-17,19-20H,10-13H2,1-5H3,(H-,31,32,33,34,35,36)/p+1. The Morgan fingerprint density at radius 3 is 2.26 bits per heavy atom. The molecule has 1 aliphatic rings. The van der Waals surface area contributed by atoms with Gasteiger partial charge in [0.15, 0.2) is 23.8 Å². The summed E-state index contributed by atoms with van der Waals surface area (Å²) < 4.78 is 90.4. The number of hydrogen-bond donors (Lipinski definition) is 2. The summed E-state index contributed by atoms with van der Waals surface area (Å²) in [5.41, 5.74) is 2.71. The summed E-state index contributed by atoms with van der Waals surface area (Å²) in [6.07, 6.45) is 3.81. The Kier molecular flexibility index (Phi) is 9.21. The van der Waals surface area contributed by atoms with Crippen LogP contribution in [0.4, 0.5) is 5.69 Å². The molecule has 228 valence electrons. The van der Waals surface area contributed by atoms with Crippen molar-refractivity contribution in [2.75, 3.05) is 25.7 Å². The predicted molar refractivity (Wildman–Crippen MR) is 157 cm³/mol. The molecule has 0 aliphatic carbocycles. The molecule has 2 unspecified atom stereocenters. The second kappa shape index (κ2) is 12.3. The number of para-hydroxylation sites is 2. The first-order valence-electron chi connectivity index (χ1n) is 13.2. The molecule has 1 aromatic heterocycles. The summed E-state index contributed by atoms with van der Waals surface area (Å²) in [5, 5.41) is -1.96. The van der Waals surface area contributed by atoms with Crippen LogP contribution >= 0.6 is 0 Å². The van der Waals surface area contributed by atoms with Gasteiger partial charge in [0, 0.05) is 37.2 Å². The van der Waals surface area contributed by atoms with Crippen molar-refractivity contribution in [3.8, 4) is 17.2 Å². The Bertz CT molecular complexity index is 1740. The first-order valence-corrected chi connectivity index (χ1v) is 16.2. The molecule has 2 atom stereocenters. The minimum Gasteiger partial charge on any atom is -0.493 e. The van der Waals surface area contributed by atoms with Gasteiger partial charge in [0.2, 0.25) is 11.5 Å². The van der Waals surface area contributed by atoms with E-state index >= 15 is 0 Å². The minimum atomic E-state index is -4.23. The van der Waals surface area contributed by atoms with Crippen LogP contribution in [0.25, 0.3) is 17.2 Å². The number of benzene rings is 2. The highest BCUT2D eigenvalue weighted by atomic mass is 32.2. The van der Waals surface area contributed by atoms with Gasteiger partial charge in [-0.05, 0) is 38.8 Å². The highest BCUT2D eigenvalue weighted by Gasteiger charge is 2.31. The molecule has 2 heterocycles. The molecule has 2 aromatic carbocycles. The lowest BCUT2D eigenvalue weighted by atomic mass is 10.2. The number of hydrogen-bond acceptors (Lipinski definition) is 9. The monoisotopic (exact) mass is 623 g/mol. The van der Waals surface area contributed by atoms with E-state index in [1.54, 1.807) is 35.3 Å². The molecular formula is C28H35N2O10S2+. The number of methoxy groups -OCH3 is 2. The number of anilines is 1. The highest BCUT2D eigenvalue weighted by molar-refractivity contribution is 7.86. The van der Waals surface area contributed by atoms with Crippen LogP contribution in [-0.4, -0.2) is 57.2 Å². The van der Waals surface area contributed by atoms with Crippen LogP contribution in [0.5, 0.6) is 17.2 Å². The van der Waals surface area contributed by atoms with E-state index in [2.05, 4.69) is 0 Å². The van der Waals surface area contributed by atoms with Crippen LogP contribution in [-0.2, 0) is 26.8 Å². The van der Waals surface area contributed by atoms with Crippen molar-refractivity contribution in [2.24, 2.45) is 0 Å². The maximum Gasteiger partial charge on any atom is 0.374 e. The van der Waals surface area contributed by atoms with Crippen LogP contribution in [0.2, 0.25) is 0 Å². The number of oxazole rings is 1. The van der Waals surface area contributed by atoms with Crippen LogP contribution in [0, 0.1) is 0 Å². The van der Waals surface area contributed by atoms with Gasteiger partial charge in [-0.3, -0.25) is 9.11 Å². The smallest absolute Gasteiger partial charge is 0.374 e. The molecule has 3 aromatic rings. The Labute approximate surface area is 245 Å². The van der Waals surface area contributed by atoms with Crippen LogP contribution < -0.4 is 23.7 Å². The maximum absolute atomic E-state index is 11.7. The summed E-state index contributed by atoms with van der Waals surface area (Å²) in [7, 11) is -5.40. The normalized spacial score (nSPS) is 16.4. The van der Waals surface area contributed by atoms with Crippen molar-refractivity contribution in [3.05, 3.63) is 59.8 Å². The van der Waals surface area contributed by atoms with Gasteiger partial charge >= 0.3 is 5.89 Å². The molecular weight excluding hydrogens is 588 g/mol. The van der Waals surface area contributed by atoms with Gasteiger partial charge in [-0.15, -0.1) is 0 Å². The number of aryl methyl sites for hydroxylation is 1. The topological polar surface area (TPSA) is 157 Å². The predicted octanol–water partition coefficient (Wildman–Crippen LogP) is 4.21. The molecule has 0 radical (unpaired) electrons. The quantitative estimate of drug-likeness (QED) is 0.220. The van der Waals surface area contributed by atoms with E-state index < -0.39 is 30.7 Å². The average molecular weight is 624 g/mol. The van der Waals surface area contributed by atoms with Gasteiger partial charge in [-0.1, -0.05) is 12.1 Å². The average Bonchev–Trinajstić information content (AvgIpc) is 3.44. The Morgan fingerprint density at radius 1 is 1.00 bits per heavy atom. The van der Waals surface area contributed by atoms with Gasteiger partial charge in [0.1, 0.15) is 0 Å². The van der Waals surface area contributed by atoms with Gasteiger partial charge in [0.05, 0.1) is 36.5 Å². The minimum absolute atomic E-state index is 0.117. The molecule has 0 fully saturated rings. The molecule has 0 spiro atoms. The summed E-state index contributed by atoms with van der Waals surface area (Å²) in [6, 6.07) is 10.8. The van der Waals surface area contributed by atoms with E-state index in [0.717, 1.165) is 5.52 Å². The summed E-state index contributed by atoms with van der Waals surface area (Å²) in [5.74, 6) is 2.25. The molecule has 42 heavy (non-hydrogen) atoms. The third-order valence-electron chi connectivity index (χ3n) is 7.11. The Balaban J connectivity index is 1.72. The van der Waals surface area contributed by atoms with E-state index in [0.29, 0.717) is 45.9 Å². The molecule has 12 nitrogen and oxygen atoms in total. The van der Waals surface area contributed by atoms with E-state index in [1.807, 2.05) is 29.7 Å². The first-order chi connectivity index (χ1) is 19.7. The van der Waals surface area contributed by atoms with Crippen molar-refractivity contribution in [1.82, 2.24) is 0 Å². The largest absolute Gasteiger partial charge is 0.493 e. The molecule has 1 aliphatic heterocycles. The SMILES string of the molecule is COc1cc2c(cc1OC)N(CCC(C)S(=O)(=O)O)C(=CC(C)=Cc1oc3ccccc3[n+]1CCC(C)S(=O)(=O)O)O2. The van der Waals surface area contributed by atoms with Gasteiger partial charge in [-0.2, -0.15) is 21.4 Å². The highest BCUT2D eigenvalue weighted by Crippen LogP contribution is 2.46. The fraction of sp³-hybridized carbons (Fsp3) is 0.393. The Hall–Kier alpha value is -3.59. The summed E-state index contributed by atoms with van der Waals surface area (Å²) in [6.45, 7) is 5.19. The molecule has 4 rings (SSSR count). The van der Waals surface area contributed by atoms with Crippen molar-refractivity contribution in [3.63, 3.8) is 0 Å².